The average molecular weight is 244 g/mol. The molecule has 1 aliphatic rings. The quantitative estimate of drug-likeness (QED) is 0.798. The number of fused-ring (bicyclic) bond motifs is 1. The van der Waals surface area contributed by atoms with E-state index in [9.17, 15) is 0 Å². The Bertz CT molecular complexity index is 452. The van der Waals surface area contributed by atoms with Crippen molar-refractivity contribution in [2.24, 2.45) is 0 Å². The van der Waals surface area contributed by atoms with E-state index in [1.54, 1.807) is 12.2 Å². The predicted octanol–water partition coefficient (Wildman–Crippen LogP) is 3.17. The monoisotopic (exact) mass is 244 g/mol. The summed E-state index contributed by atoms with van der Waals surface area (Å²) in [6.45, 7) is 15.4. The van der Waals surface area contributed by atoms with E-state index < -0.39 is 0 Å². The standard InChI is InChI=1S/C12H12N2.2C2H6/c1-3-9-10(4-2)14-12-8-6-5-7-11(12)13-9;2*1-2/h3-4,7-8H,1-2,5-6H2;2*1-2H3. The highest BCUT2D eigenvalue weighted by atomic mass is 14.8. The van der Waals surface area contributed by atoms with Crippen LogP contribution >= 0.6 is 0 Å². The van der Waals surface area contributed by atoms with Gasteiger partial charge in [0.2, 0.25) is 0 Å². The molecule has 0 aromatic carbocycles. The van der Waals surface area contributed by atoms with E-state index in [0.29, 0.717) is 0 Å². The smallest absolute Gasteiger partial charge is 0.0888 e. The molecule has 0 atom stereocenters. The minimum absolute atomic E-state index is 0.810. The normalized spacial score (nSPS) is 11.1. The van der Waals surface area contributed by atoms with Gasteiger partial charge >= 0.3 is 0 Å². The Balaban J connectivity index is 0.000000659. The van der Waals surface area contributed by atoms with E-state index in [1.165, 1.54) is 0 Å². The van der Waals surface area contributed by atoms with Gasteiger partial charge in [-0.15, -0.1) is 0 Å². The Kier molecular flexibility index (Phi) is 8.46. The molecule has 0 N–H and O–H groups in total. The van der Waals surface area contributed by atoms with Crippen molar-refractivity contribution in [3.8, 4) is 0 Å². The largest absolute Gasteiger partial charge is 0.245 e. The van der Waals surface area contributed by atoms with Gasteiger partial charge in [-0.2, -0.15) is 0 Å². The fourth-order valence-electron chi connectivity index (χ4n) is 1.53. The fraction of sp³-hybridized carbons (Fsp3) is 0.375. The molecular weight excluding hydrogens is 220 g/mol. The minimum Gasteiger partial charge on any atom is -0.245 e. The summed E-state index contributed by atoms with van der Waals surface area (Å²) in [6.07, 6.45) is 9.75. The van der Waals surface area contributed by atoms with Crippen LogP contribution in [0.15, 0.2) is 13.2 Å². The van der Waals surface area contributed by atoms with Gasteiger partial charge in [0.1, 0.15) is 0 Å². The Morgan fingerprint density at radius 2 is 1.17 bits per heavy atom. The van der Waals surface area contributed by atoms with Gasteiger partial charge in [-0.25, -0.2) is 9.97 Å². The first-order valence-corrected chi connectivity index (χ1v) is 6.68. The molecule has 0 fully saturated rings. The van der Waals surface area contributed by atoms with Gasteiger partial charge in [-0.1, -0.05) is 53.0 Å². The highest BCUT2D eigenvalue weighted by molar-refractivity contribution is 5.57. The van der Waals surface area contributed by atoms with Gasteiger partial charge in [0.05, 0.1) is 22.1 Å². The number of aromatic nitrogens is 2. The molecule has 2 heteroatoms. The van der Waals surface area contributed by atoms with E-state index in [2.05, 4.69) is 35.3 Å². The first-order valence-electron chi connectivity index (χ1n) is 6.68. The van der Waals surface area contributed by atoms with E-state index in [1.807, 2.05) is 27.7 Å². The van der Waals surface area contributed by atoms with Crippen LogP contribution in [0.4, 0.5) is 0 Å². The lowest BCUT2D eigenvalue weighted by atomic mass is 10.2. The van der Waals surface area contributed by atoms with Crippen molar-refractivity contribution in [3.63, 3.8) is 0 Å². The SMILES string of the molecule is C=Cc1nc2c(nc1C=C)=CCCC=2.CC.CC. The molecular formula is C16H24N2. The second kappa shape index (κ2) is 9.34. The Hall–Kier alpha value is -1.70. The maximum absolute atomic E-state index is 4.46. The molecule has 2 rings (SSSR count). The van der Waals surface area contributed by atoms with E-state index in [-0.39, 0.29) is 0 Å². The lowest BCUT2D eigenvalue weighted by Gasteiger charge is -2.03. The number of rotatable bonds is 2. The molecule has 1 aliphatic carbocycles. The molecule has 1 aromatic rings. The maximum Gasteiger partial charge on any atom is 0.0888 e. The van der Waals surface area contributed by atoms with Crippen LogP contribution < -0.4 is 10.7 Å². The summed E-state index contributed by atoms with van der Waals surface area (Å²) in [5.41, 5.74) is 1.62. The van der Waals surface area contributed by atoms with Crippen LogP contribution in [0.3, 0.4) is 0 Å². The summed E-state index contributed by atoms with van der Waals surface area (Å²) in [6, 6.07) is 0. The highest BCUT2D eigenvalue weighted by Crippen LogP contribution is 2.02. The topological polar surface area (TPSA) is 25.8 Å². The van der Waals surface area contributed by atoms with Gasteiger partial charge in [-0.05, 0) is 25.0 Å². The summed E-state index contributed by atoms with van der Waals surface area (Å²) < 4.78 is 0. The zero-order valence-electron chi connectivity index (χ0n) is 12.0. The third kappa shape index (κ3) is 3.95. The second-order valence-electron chi connectivity index (χ2n) is 3.16. The zero-order valence-corrected chi connectivity index (χ0v) is 12.0. The summed E-state index contributed by atoms with van der Waals surface area (Å²) >= 11 is 0. The Morgan fingerprint density at radius 3 is 1.44 bits per heavy atom. The maximum atomic E-state index is 4.46. The summed E-state index contributed by atoms with van der Waals surface area (Å²) in [5.74, 6) is 0. The predicted molar refractivity (Wildman–Crippen MR) is 82.3 cm³/mol. The first-order chi connectivity index (χ1) is 8.85. The number of hydrogen-bond acceptors (Lipinski definition) is 2. The molecule has 0 amide bonds. The minimum atomic E-state index is 0.810. The Labute approximate surface area is 110 Å². The number of hydrogen-bond donors (Lipinski definition) is 0. The zero-order chi connectivity index (χ0) is 14.0. The summed E-state index contributed by atoms with van der Waals surface area (Å²) in [7, 11) is 0. The molecule has 2 nitrogen and oxygen atoms in total. The first kappa shape index (κ1) is 16.3. The number of nitrogens with zero attached hydrogens (tertiary/aromatic N) is 2. The summed E-state index contributed by atoms with van der Waals surface area (Å²) in [5, 5.41) is 1.94. The average Bonchev–Trinajstić information content (AvgIpc) is 2.49. The fourth-order valence-corrected chi connectivity index (χ4v) is 1.53. The molecule has 1 aromatic heterocycles. The van der Waals surface area contributed by atoms with Crippen LogP contribution in [0, 0.1) is 0 Å². The van der Waals surface area contributed by atoms with E-state index in [0.717, 1.165) is 34.9 Å². The van der Waals surface area contributed by atoms with Crippen molar-refractivity contribution in [3.05, 3.63) is 35.2 Å². The molecule has 0 unspecified atom stereocenters. The third-order valence-corrected chi connectivity index (χ3v) is 2.24. The van der Waals surface area contributed by atoms with E-state index >= 15 is 0 Å². The Morgan fingerprint density at radius 1 is 0.833 bits per heavy atom. The van der Waals surface area contributed by atoms with Crippen LogP contribution in [0.1, 0.15) is 51.9 Å². The molecule has 0 radical (unpaired) electrons. The van der Waals surface area contributed by atoms with Gasteiger partial charge in [0, 0.05) is 0 Å². The third-order valence-electron chi connectivity index (χ3n) is 2.24. The van der Waals surface area contributed by atoms with Crippen molar-refractivity contribution in [1.82, 2.24) is 9.97 Å². The van der Waals surface area contributed by atoms with Crippen LogP contribution in [-0.4, -0.2) is 9.97 Å². The summed E-state index contributed by atoms with van der Waals surface area (Å²) in [4.78, 5) is 8.93. The van der Waals surface area contributed by atoms with Crippen molar-refractivity contribution in [2.75, 3.05) is 0 Å². The van der Waals surface area contributed by atoms with Crippen LogP contribution in [0.5, 0.6) is 0 Å². The van der Waals surface area contributed by atoms with Gasteiger partial charge in [0.25, 0.3) is 0 Å². The van der Waals surface area contributed by atoms with E-state index in [4.69, 9.17) is 0 Å². The van der Waals surface area contributed by atoms with Gasteiger partial charge in [-0.3, -0.25) is 0 Å². The lowest BCUT2D eigenvalue weighted by molar-refractivity contribution is 1.00. The van der Waals surface area contributed by atoms with Gasteiger partial charge < -0.3 is 0 Å². The molecule has 0 saturated heterocycles. The van der Waals surface area contributed by atoms with Crippen molar-refractivity contribution < 1.29 is 0 Å². The molecule has 0 spiro atoms. The lowest BCUT2D eigenvalue weighted by Crippen LogP contribution is -2.34. The molecule has 0 bridgehead atoms. The second-order valence-corrected chi connectivity index (χ2v) is 3.16. The van der Waals surface area contributed by atoms with Crippen LogP contribution in [0.2, 0.25) is 0 Å². The highest BCUT2D eigenvalue weighted by Gasteiger charge is 2.01. The van der Waals surface area contributed by atoms with Crippen molar-refractivity contribution >= 4 is 24.3 Å². The van der Waals surface area contributed by atoms with Crippen LogP contribution in [-0.2, 0) is 0 Å². The van der Waals surface area contributed by atoms with Crippen molar-refractivity contribution in [2.45, 2.75) is 40.5 Å². The molecule has 1 heterocycles. The van der Waals surface area contributed by atoms with Gasteiger partial charge in [0.15, 0.2) is 0 Å². The molecule has 98 valence electrons. The van der Waals surface area contributed by atoms with Crippen molar-refractivity contribution in [1.29, 1.82) is 0 Å². The van der Waals surface area contributed by atoms with Crippen LogP contribution in [0.25, 0.3) is 24.3 Å². The molecule has 18 heavy (non-hydrogen) atoms. The molecule has 0 aliphatic heterocycles. The molecule has 0 saturated carbocycles.